The number of hydrogen-bond acceptors (Lipinski definition) is 6. The quantitative estimate of drug-likeness (QED) is 0.468. The summed E-state index contributed by atoms with van der Waals surface area (Å²) in [6.45, 7) is 2.95. The SMILES string of the molecule is CC(C)C(C(=O)OCC(=O)N(CCC#N)c1ccccc1)N1C(=O)c2ccccc2C1=O. The Morgan fingerprint density at radius 1 is 1.00 bits per heavy atom. The second kappa shape index (κ2) is 9.88. The van der Waals surface area contributed by atoms with Gasteiger partial charge >= 0.3 is 5.97 Å². The number of amides is 3. The van der Waals surface area contributed by atoms with E-state index in [1.54, 1.807) is 56.3 Å². The van der Waals surface area contributed by atoms with E-state index in [0.717, 1.165) is 4.90 Å². The molecule has 0 radical (unpaired) electrons. The average Bonchev–Trinajstić information content (AvgIpc) is 3.04. The Kier molecular flexibility index (Phi) is 7.00. The van der Waals surface area contributed by atoms with Crippen molar-refractivity contribution in [1.82, 2.24) is 4.90 Å². The number of para-hydroxylation sites is 1. The Bertz CT molecular complexity index is 1040. The van der Waals surface area contributed by atoms with Crippen LogP contribution in [0.3, 0.4) is 0 Å². The number of carbonyl (C=O) groups is 4. The predicted octanol–water partition coefficient (Wildman–Crippen LogP) is 2.80. The standard InChI is InChI=1S/C24H23N3O5/c1-16(2)21(27-22(29)18-11-6-7-12-19(18)23(27)30)24(31)32-15-20(28)26(14-8-13-25)17-9-4-3-5-10-17/h3-7,9-12,16,21H,8,14-15H2,1-2H3. The van der Waals surface area contributed by atoms with Crippen LogP contribution in [0.1, 0.15) is 41.0 Å². The van der Waals surface area contributed by atoms with Crippen LogP contribution in [0, 0.1) is 17.2 Å². The third kappa shape index (κ3) is 4.52. The van der Waals surface area contributed by atoms with Crippen molar-refractivity contribution in [3.05, 3.63) is 65.7 Å². The van der Waals surface area contributed by atoms with E-state index in [0.29, 0.717) is 5.69 Å². The van der Waals surface area contributed by atoms with Crippen molar-refractivity contribution >= 4 is 29.4 Å². The Morgan fingerprint density at radius 3 is 2.09 bits per heavy atom. The lowest BCUT2D eigenvalue weighted by Gasteiger charge is -2.28. The number of nitrogens with zero attached hydrogens (tertiary/aromatic N) is 3. The molecule has 8 nitrogen and oxygen atoms in total. The Balaban J connectivity index is 1.74. The van der Waals surface area contributed by atoms with Crippen molar-refractivity contribution in [2.24, 2.45) is 5.92 Å². The third-order valence-electron chi connectivity index (χ3n) is 5.13. The summed E-state index contributed by atoms with van der Waals surface area (Å²) in [5.41, 5.74) is 1.04. The van der Waals surface area contributed by atoms with E-state index in [9.17, 15) is 19.2 Å². The molecule has 0 spiro atoms. The molecular formula is C24H23N3O5. The van der Waals surface area contributed by atoms with Crippen LogP contribution in [0.15, 0.2) is 54.6 Å². The molecule has 2 aromatic rings. The molecule has 32 heavy (non-hydrogen) atoms. The monoisotopic (exact) mass is 433 g/mol. The van der Waals surface area contributed by atoms with Gasteiger partial charge in [-0.1, -0.05) is 44.2 Å². The molecule has 0 aromatic heterocycles. The highest BCUT2D eigenvalue weighted by atomic mass is 16.5. The molecule has 0 N–H and O–H groups in total. The molecular weight excluding hydrogens is 410 g/mol. The summed E-state index contributed by atoms with van der Waals surface area (Å²) >= 11 is 0. The van der Waals surface area contributed by atoms with Gasteiger partial charge in [-0.2, -0.15) is 5.26 Å². The number of benzene rings is 2. The molecule has 3 rings (SSSR count). The van der Waals surface area contributed by atoms with E-state index in [1.165, 1.54) is 17.0 Å². The van der Waals surface area contributed by atoms with Gasteiger partial charge in [0.25, 0.3) is 17.7 Å². The second-order valence-corrected chi connectivity index (χ2v) is 7.61. The summed E-state index contributed by atoms with van der Waals surface area (Å²) in [5, 5.41) is 8.90. The van der Waals surface area contributed by atoms with Crippen LogP contribution in [0.2, 0.25) is 0 Å². The number of anilines is 1. The smallest absolute Gasteiger partial charge is 0.330 e. The van der Waals surface area contributed by atoms with Gasteiger partial charge in [-0.15, -0.1) is 0 Å². The summed E-state index contributed by atoms with van der Waals surface area (Å²) in [6.07, 6.45) is 0.109. The van der Waals surface area contributed by atoms with Crippen molar-refractivity contribution < 1.29 is 23.9 Å². The number of hydrogen-bond donors (Lipinski definition) is 0. The summed E-state index contributed by atoms with van der Waals surface area (Å²) in [4.78, 5) is 53.5. The topological polar surface area (TPSA) is 108 Å². The minimum absolute atomic E-state index is 0.109. The lowest BCUT2D eigenvalue weighted by molar-refractivity contribution is -0.153. The number of ether oxygens (including phenoxy) is 1. The van der Waals surface area contributed by atoms with E-state index >= 15 is 0 Å². The first-order valence-electron chi connectivity index (χ1n) is 10.2. The normalized spacial score (nSPS) is 13.5. The lowest BCUT2D eigenvalue weighted by atomic mass is 10.0. The van der Waals surface area contributed by atoms with E-state index in [1.807, 2.05) is 6.07 Å². The average molecular weight is 433 g/mol. The molecule has 0 saturated carbocycles. The van der Waals surface area contributed by atoms with Crippen molar-refractivity contribution in [3.8, 4) is 6.07 Å². The highest BCUT2D eigenvalue weighted by molar-refractivity contribution is 6.22. The second-order valence-electron chi connectivity index (χ2n) is 7.61. The van der Waals surface area contributed by atoms with Crippen LogP contribution in [-0.2, 0) is 14.3 Å². The predicted molar refractivity (Wildman–Crippen MR) is 116 cm³/mol. The van der Waals surface area contributed by atoms with Crippen LogP contribution >= 0.6 is 0 Å². The van der Waals surface area contributed by atoms with Crippen LogP contribution in [0.25, 0.3) is 0 Å². The minimum atomic E-state index is -1.17. The highest BCUT2D eigenvalue weighted by Gasteiger charge is 2.44. The molecule has 1 heterocycles. The van der Waals surface area contributed by atoms with Gasteiger partial charge in [0.2, 0.25) is 0 Å². The largest absolute Gasteiger partial charge is 0.454 e. The van der Waals surface area contributed by atoms with Gasteiger partial charge in [0, 0.05) is 12.2 Å². The van der Waals surface area contributed by atoms with E-state index in [-0.39, 0.29) is 24.1 Å². The first-order chi connectivity index (χ1) is 15.4. The Labute approximate surface area is 186 Å². The number of esters is 1. The van der Waals surface area contributed by atoms with Crippen LogP contribution < -0.4 is 4.90 Å². The summed E-state index contributed by atoms with van der Waals surface area (Å²) in [7, 11) is 0. The zero-order valence-electron chi connectivity index (χ0n) is 17.9. The maximum Gasteiger partial charge on any atom is 0.330 e. The molecule has 8 heteroatoms. The van der Waals surface area contributed by atoms with E-state index in [4.69, 9.17) is 10.00 Å². The van der Waals surface area contributed by atoms with Crippen molar-refractivity contribution in [2.75, 3.05) is 18.1 Å². The maximum atomic E-state index is 12.9. The fourth-order valence-electron chi connectivity index (χ4n) is 3.60. The van der Waals surface area contributed by atoms with Crippen LogP contribution in [0.4, 0.5) is 5.69 Å². The minimum Gasteiger partial charge on any atom is -0.454 e. The first-order valence-corrected chi connectivity index (χ1v) is 10.2. The van der Waals surface area contributed by atoms with Gasteiger partial charge in [-0.05, 0) is 30.2 Å². The zero-order chi connectivity index (χ0) is 23.3. The molecule has 1 atom stereocenters. The van der Waals surface area contributed by atoms with E-state index in [2.05, 4.69) is 0 Å². The molecule has 3 amide bonds. The first kappa shape index (κ1) is 22.7. The zero-order valence-corrected chi connectivity index (χ0v) is 17.9. The molecule has 0 saturated heterocycles. The molecule has 1 aliphatic heterocycles. The fraction of sp³-hybridized carbons (Fsp3) is 0.292. The lowest BCUT2D eigenvalue weighted by Crippen LogP contribution is -2.49. The van der Waals surface area contributed by atoms with Gasteiger partial charge in [0.15, 0.2) is 6.61 Å². The van der Waals surface area contributed by atoms with Crippen LogP contribution in [-0.4, -0.2) is 47.8 Å². The number of nitriles is 1. The Morgan fingerprint density at radius 2 is 1.56 bits per heavy atom. The molecule has 164 valence electrons. The van der Waals surface area contributed by atoms with E-state index < -0.39 is 42.3 Å². The van der Waals surface area contributed by atoms with Gasteiger partial charge in [-0.3, -0.25) is 19.3 Å². The van der Waals surface area contributed by atoms with Gasteiger partial charge in [0.1, 0.15) is 6.04 Å². The van der Waals surface area contributed by atoms with Gasteiger partial charge in [-0.25, -0.2) is 4.79 Å². The molecule has 0 aliphatic carbocycles. The number of imide groups is 1. The third-order valence-corrected chi connectivity index (χ3v) is 5.13. The molecule has 1 aliphatic rings. The fourth-order valence-corrected chi connectivity index (χ4v) is 3.60. The van der Waals surface area contributed by atoms with Gasteiger partial charge < -0.3 is 9.64 Å². The number of rotatable bonds is 8. The summed E-state index contributed by atoms with van der Waals surface area (Å²) in [5.74, 6) is -2.90. The van der Waals surface area contributed by atoms with Crippen LogP contribution in [0.5, 0.6) is 0 Å². The Hall–Kier alpha value is -3.99. The number of fused-ring (bicyclic) bond motifs is 1. The van der Waals surface area contributed by atoms with Crippen molar-refractivity contribution in [1.29, 1.82) is 5.26 Å². The molecule has 1 unspecified atom stereocenters. The molecule has 2 aromatic carbocycles. The van der Waals surface area contributed by atoms with Gasteiger partial charge in [0.05, 0.1) is 23.6 Å². The number of carbonyl (C=O) groups excluding carboxylic acids is 4. The molecule has 0 fully saturated rings. The van der Waals surface area contributed by atoms with Crippen molar-refractivity contribution in [2.45, 2.75) is 26.3 Å². The maximum absolute atomic E-state index is 12.9. The molecule has 0 bridgehead atoms. The summed E-state index contributed by atoms with van der Waals surface area (Å²) < 4.78 is 5.26. The highest BCUT2D eigenvalue weighted by Crippen LogP contribution is 2.27. The summed E-state index contributed by atoms with van der Waals surface area (Å²) in [6, 6.07) is 15.9. The van der Waals surface area contributed by atoms with Crippen molar-refractivity contribution in [3.63, 3.8) is 0 Å².